The molecule has 1 aliphatic heterocycles. The van der Waals surface area contributed by atoms with Gasteiger partial charge in [0.05, 0.1) is 18.5 Å². The van der Waals surface area contributed by atoms with E-state index in [2.05, 4.69) is 24.3 Å². The van der Waals surface area contributed by atoms with Crippen molar-refractivity contribution in [2.75, 3.05) is 25.4 Å². The summed E-state index contributed by atoms with van der Waals surface area (Å²) in [5.41, 5.74) is 1.32. The van der Waals surface area contributed by atoms with Gasteiger partial charge in [0.25, 0.3) is 0 Å². The van der Waals surface area contributed by atoms with Crippen LogP contribution in [0.4, 0.5) is 0 Å². The SMILES string of the molecule is O=C(CSc1ccccc1)N1CCO[C@@H](CCc2ccccc2)C1. The predicted octanol–water partition coefficient (Wildman–Crippen LogP) is 3.64. The molecule has 2 aromatic rings. The molecule has 0 spiro atoms. The minimum atomic E-state index is 0.143. The molecule has 24 heavy (non-hydrogen) atoms. The molecule has 0 aliphatic carbocycles. The fourth-order valence-corrected chi connectivity index (χ4v) is 3.67. The smallest absolute Gasteiger partial charge is 0.233 e. The van der Waals surface area contributed by atoms with Gasteiger partial charge in [-0.15, -0.1) is 11.8 Å². The summed E-state index contributed by atoms with van der Waals surface area (Å²) in [4.78, 5) is 15.5. The zero-order chi connectivity index (χ0) is 16.6. The predicted molar refractivity (Wildman–Crippen MR) is 98.2 cm³/mol. The standard InChI is InChI=1S/C20H23NO2S/c22-20(16-24-19-9-5-2-6-10-19)21-13-14-23-18(15-21)12-11-17-7-3-1-4-8-17/h1-10,18H,11-16H2/t18-/m0/s1. The fourth-order valence-electron chi connectivity index (χ4n) is 2.85. The Morgan fingerprint density at radius 3 is 2.54 bits per heavy atom. The van der Waals surface area contributed by atoms with Gasteiger partial charge in [-0.2, -0.15) is 0 Å². The van der Waals surface area contributed by atoms with E-state index in [1.54, 1.807) is 11.8 Å². The van der Waals surface area contributed by atoms with Crippen LogP contribution in [0.3, 0.4) is 0 Å². The number of amides is 1. The average Bonchev–Trinajstić information content (AvgIpc) is 2.66. The Bertz CT molecular complexity index is 633. The van der Waals surface area contributed by atoms with Crippen LogP contribution in [0.15, 0.2) is 65.6 Å². The van der Waals surface area contributed by atoms with E-state index in [0.29, 0.717) is 25.4 Å². The lowest BCUT2D eigenvalue weighted by Gasteiger charge is -2.33. The molecule has 126 valence electrons. The number of nitrogens with zero attached hydrogens (tertiary/aromatic N) is 1. The first kappa shape index (κ1) is 17.1. The Balaban J connectivity index is 1.45. The van der Waals surface area contributed by atoms with Crippen molar-refractivity contribution in [3.8, 4) is 0 Å². The molecule has 1 saturated heterocycles. The molecule has 1 fully saturated rings. The highest BCUT2D eigenvalue weighted by Crippen LogP contribution is 2.19. The zero-order valence-corrected chi connectivity index (χ0v) is 14.6. The molecule has 1 aliphatic rings. The lowest BCUT2D eigenvalue weighted by atomic mass is 10.1. The monoisotopic (exact) mass is 341 g/mol. The molecule has 1 amide bonds. The molecule has 1 atom stereocenters. The molecule has 2 aromatic carbocycles. The number of thioether (sulfide) groups is 1. The molecule has 0 radical (unpaired) electrons. The summed E-state index contributed by atoms with van der Waals surface area (Å²) >= 11 is 1.60. The summed E-state index contributed by atoms with van der Waals surface area (Å²) < 4.78 is 5.84. The molecule has 3 rings (SSSR count). The van der Waals surface area contributed by atoms with Gasteiger partial charge in [-0.25, -0.2) is 0 Å². The van der Waals surface area contributed by atoms with Gasteiger partial charge in [0.15, 0.2) is 0 Å². The average molecular weight is 341 g/mol. The summed E-state index contributed by atoms with van der Waals surface area (Å²) in [7, 11) is 0. The highest BCUT2D eigenvalue weighted by molar-refractivity contribution is 8.00. The second-order valence-corrected chi connectivity index (χ2v) is 7.01. The highest BCUT2D eigenvalue weighted by Gasteiger charge is 2.23. The van der Waals surface area contributed by atoms with E-state index in [-0.39, 0.29) is 12.0 Å². The third-order valence-electron chi connectivity index (χ3n) is 4.19. The maximum atomic E-state index is 12.4. The molecule has 1 heterocycles. The molecule has 3 nitrogen and oxygen atoms in total. The van der Waals surface area contributed by atoms with Crippen LogP contribution >= 0.6 is 11.8 Å². The van der Waals surface area contributed by atoms with Gasteiger partial charge < -0.3 is 9.64 Å². The zero-order valence-electron chi connectivity index (χ0n) is 13.8. The van der Waals surface area contributed by atoms with Gasteiger partial charge in [-0.05, 0) is 30.5 Å². The first-order chi connectivity index (χ1) is 11.8. The maximum Gasteiger partial charge on any atom is 0.233 e. The molecule has 0 bridgehead atoms. The summed E-state index contributed by atoms with van der Waals surface area (Å²) in [6.07, 6.45) is 2.09. The van der Waals surface area contributed by atoms with Crippen LogP contribution in [0.25, 0.3) is 0 Å². The third-order valence-corrected chi connectivity index (χ3v) is 5.19. The Labute approximate surface area is 148 Å². The quantitative estimate of drug-likeness (QED) is 0.751. The maximum absolute atomic E-state index is 12.4. The van der Waals surface area contributed by atoms with Crippen molar-refractivity contribution in [1.82, 2.24) is 4.90 Å². The van der Waals surface area contributed by atoms with Crippen molar-refractivity contribution in [3.63, 3.8) is 0 Å². The summed E-state index contributed by atoms with van der Waals surface area (Å²) in [6, 6.07) is 20.5. The first-order valence-corrected chi connectivity index (χ1v) is 9.41. The van der Waals surface area contributed by atoms with Gasteiger partial charge in [-0.1, -0.05) is 48.5 Å². The largest absolute Gasteiger partial charge is 0.375 e. The summed E-state index contributed by atoms with van der Waals surface area (Å²) in [5.74, 6) is 0.701. The number of carbonyl (C=O) groups excluding carboxylic acids is 1. The van der Waals surface area contributed by atoms with Crippen molar-refractivity contribution in [2.45, 2.75) is 23.8 Å². The van der Waals surface area contributed by atoms with Crippen LogP contribution in [0, 0.1) is 0 Å². The van der Waals surface area contributed by atoms with Gasteiger partial charge in [0.1, 0.15) is 0 Å². The number of carbonyl (C=O) groups is 1. The van der Waals surface area contributed by atoms with E-state index < -0.39 is 0 Å². The summed E-state index contributed by atoms with van der Waals surface area (Å²) in [5, 5.41) is 0. The lowest BCUT2D eigenvalue weighted by molar-refractivity contribution is -0.136. The normalized spacial score (nSPS) is 17.7. The van der Waals surface area contributed by atoms with Crippen LogP contribution in [0.5, 0.6) is 0 Å². The van der Waals surface area contributed by atoms with Crippen LogP contribution in [0.1, 0.15) is 12.0 Å². The topological polar surface area (TPSA) is 29.5 Å². The van der Waals surface area contributed by atoms with Gasteiger partial charge in [0.2, 0.25) is 5.91 Å². The molecule has 4 heteroatoms. The highest BCUT2D eigenvalue weighted by atomic mass is 32.2. The first-order valence-electron chi connectivity index (χ1n) is 8.42. The Kier molecular flexibility index (Phi) is 6.33. The van der Waals surface area contributed by atoms with Crippen molar-refractivity contribution in [3.05, 3.63) is 66.2 Å². The number of rotatable bonds is 6. The molecule has 0 saturated carbocycles. The minimum Gasteiger partial charge on any atom is -0.375 e. The lowest BCUT2D eigenvalue weighted by Crippen LogP contribution is -2.46. The van der Waals surface area contributed by atoms with Gasteiger partial charge in [-0.3, -0.25) is 4.79 Å². The Morgan fingerprint density at radius 1 is 1.08 bits per heavy atom. The summed E-state index contributed by atoms with van der Waals surface area (Å²) in [6.45, 7) is 2.05. The molecular weight excluding hydrogens is 318 g/mol. The van der Waals surface area contributed by atoms with E-state index in [0.717, 1.165) is 17.7 Å². The number of benzene rings is 2. The number of hydrogen-bond acceptors (Lipinski definition) is 3. The van der Waals surface area contributed by atoms with E-state index in [1.807, 2.05) is 41.3 Å². The second-order valence-electron chi connectivity index (χ2n) is 5.96. The molecule has 0 N–H and O–H groups in total. The van der Waals surface area contributed by atoms with Crippen molar-refractivity contribution in [1.29, 1.82) is 0 Å². The van der Waals surface area contributed by atoms with Crippen LogP contribution in [0.2, 0.25) is 0 Å². The van der Waals surface area contributed by atoms with Crippen molar-refractivity contribution in [2.24, 2.45) is 0 Å². The molecular formula is C20H23NO2S. The van der Waals surface area contributed by atoms with Crippen molar-refractivity contribution >= 4 is 17.7 Å². The number of ether oxygens (including phenoxy) is 1. The fraction of sp³-hybridized carbons (Fsp3) is 0.350. The molecule has 0 aromatic heterocycles. The van der Waals surface area contributed by atoms with Crippen LogP contribution < -0.4 is 0 Å². The van der Waals surface area contributed by atoms with E-state index >= 15 is 0 Å². The van der Waals surface area contributed by atoms with Crippen molar-refractivity contribution < 1.29 is 9.53 Å². The van der Waals surface area contributed by atoms with Gasteiger partial charge in [0, 0.05) is 18.0 Å². The molecule has 0 unspecified atom stereocenters. The third kappa shape index (κ3) is 5.11. The number of morpholine rings is 1. The van der Waals surface area contributed by atoms with Crippen LogP contribution in [-0.4, -0.2) is 42.4 Å². The Hall–Kier alpha value is -1.78. The van der Waals surface area contributed by atoms with E-state index in [9.17, 15) is 4.79 Å². The van der Waals surface area contributed by atoms with E-state index in [1.165, 1.54) is 5.56 Å². The van der Waals surface area contributed by atoms with Gasteiger partial charge >= 0.3 is 0 Å². The number of hydrogen-bond donors (Lipinski definition) is 0. The number of aryl methyl sites for hydroxylation is 1. The Morgan fingerprint density at radius 2 is 1.79 bits per heavy atom. The van der Waals surface area contributed by atoms with Crippen LogP contribution in [-0.2, 0) is 16.0 Å². The van der Waals surface area contributed by atoms with E-state index in [4.69, 9.17) is 4.74 Å². The second kappa shape index (κ2) is 8.90. The minimum absolute atomic E-state index is 0.143.